The van der Waals surface area contributed by atoms with E-state index in [1.807, 2.05) is 0 Å². The number of nitrogens with two attached hydrogens (primary N) is 1. The molecular formula is C10H11F2NO2. The van der Waals surface area contributed by atoms with E-state index in [-0.39, 0.29) is 18.5 Å². The van der Waals surface area contributed by atoms with E-state index >= 15 is 0 Å². The molecule has 1 aromatic carbocycles. The third kappa shape index (κ3) is 2.73. The maximum absolute atomic E-state index is 13.2. The fourth-order valence-electron chi connectivity index (χ4n) is 1.24. The van der Waals surface area contributed by atoms with Gasteiger partial charge in [0.25, 0.3) is 0 Å². The minimum absolute atomic E-state index is 0.0350. The smallest absolute Gasteiger partial charge is 0.308 e. The van der Waals surface area contributed by atoms with Gasteiger partial charge in [0, 0.05) is 6.54 Å². The molecule has 0 fully saturated rings. The quantitative estimate of drug-likeness (QED) is 0.792. The molecule has 0 aromatic heterocycles. The van der Waals surface area contributed by atoms with Gasteiger partial charge in [-0.05, 0) is 18.1 Å². The van der Waals surface area contributed by atoms with Crippen LogP contribution in [0.25, 0.3) is 0 Å². The van der Waals surface area contributed by atoms with Crippen molar-refractivity contribution in [3.63, 3.8) is 0 Å². The molecule has 0 bridgehead atoms. The van der Waals surface area contributed by atoms with Crippen molar-refractivity contribution in [2.45, 2.75) is 6.42 Å². The first-order chi connectivity index (χ1) is 7.06. The van der Waals surface area contributed by atoms with Crippen molar-refractivity contribution in [3.8, 4) is 0 Å². The zero-order chi connectivity index (χ0) is 11.4. The second-order valence-corrected chi connectivity index (χ2v) is 3.19. The lowest BCUT2D eigenvalue weighted by atomic mass is 9.99. The summed E-state index contributed by atoms with van der Waals surface area (Å²) in [5, 5.41) is 8.70. The van der Waals surface area contributed by atoms with Crippen LogP contribution in [-0.4, -0.2) is 17.6 Å². The maximum atomic E-state index is 13.2. The van der Waals surface area contributed by atoms with Crippen LogP contribution >= 0.6 is 0 Å². The highest BCUT2D eigenvalue weighted by Crippen LogP contribution is 2.15. The second-order valence-electron chi connectivity index (χ2n) is 3.19. The number of carboxylic acids is 1. The maximum Gasteiger partial charge on any atom is 0.308 e. The van der Waals surface area contributed by atoms with Crippen LogP contribution in [0.1, 0.15) is 5.56 Å². The van der Waals surface area contributed by atoms with Crippen LogP contribution in [0, 0.1) is 17.6 Å². The van der Waals surface area contributed by atoms with Gasteiger partial charge in [0.15, 0.2) is 11.6 Å². The van der Waals surface area contributed by atoms with E-state index in [1.54, 1.807) is 0 Å². The van der Waals surface area contributed by atoms with Crippen LogP contribution in [0.15, 0.2) is 18.2 Å². The molecule has 0 aliphatic carbocycles. The summed E-state index contributed by atoms with van der Waals surface area (Å²) in [6.07, 6.45) is -0.102. The van der Waals surface area contributed by atoms with Crippen molar-refractivity contribution in [1.82, 2.24) is 0 Å². The Balaban J connectivity index is 2.88. The van der Waals surface area contributed by atoms with Crippen molar-refractivity contribution in [1.29, 1.82) is 0 Å². The lowest BCUT2D eigenvalue weighted by Gasteiger charge is -2.10. The van der Waals surface area contributed by atoms with E-state index in [4.69, 9.17) is 10.8 Å². The van der Waals surface area contributed by atoms with E-state index in [0.717, 1.165) is 6.07 Å². The van der Waals surface area contributed by atoms with Crippen molar-refractivity contribution < 1.29 is 18.7 Å². The van der Waals surface area contributed by atoms with Crippen molar-refractivity contribution in [2.75, 3.05) is 6.54 Å². The molecule has 0 spiro atoms. The summed E-state index contributed by atoms with van der Waals surface area (Å²) in [4.78, 5) is 10.6. The Bertz CT molecular complexity index is 368. The summed E-state index contributed by atoms with van der Waals surface area (Å²) in [7, 11) is 0. The fraction of sp³-hybridized carbons (Fsp3) is 0.300. The largest absolute Gasteiger partial charge is 0.481 e. The van der Waals surface area contributed by atoms with Gasteiger partial charge in [-0.3, -0.25) is 4.79 Å². The van der Waals surface area contributed by atoms with Gasteiger partial charge in [0.1, 0.15) is 0 Å². The van der Waals surface area contributed by atoms with Gasteiger partial charge >= 0.3 is 5.97 Å². The second kappa shape index (κ2) is 4.84. The molecule has 3 N–H and O–H groups in total. The Kier molecular flexibility index (Phi) is 3.74. The summed E-state index contributed by atoms with van der Waals surface area (Å²) in [5.74, 6) is -3.98. The minimum Gasteiger partial charge on any atom is -0.481 e. The molecule has 1 aromatic rings. The first-order valence-corrected chi connectivity index (χ1v) is 4.42. The van der Waals surface area contributed by atoms with Crippen LogP contribution in [0.4, 0.5) is 8.78 Å². The highest BCUT2D eigenvalue weighted by Gasteiger charge is 2.18. The molecular weight excluding hydrogens is 204 g/mol. The highest BCUT2D eigenvalue weighted by molar-refractivity contribution is 5.70. The van der Waals surface area contributed by atoms with Crippen LogP contribution in [0.5, 0.6) is 0 Å². The average Bonchev–Trinajstić information content (AvgIpc) is 2.19. The molecule has 0 saturated heterocycles. The van der Waals surface area contributed by atoms with Crippen molar-refractivity contribution in [3.05, 3.63) is 35.4 Å². The number of aliphatic carboxylic acids is 1. The van der Waals surface area contributed by atoms with Crippen LogP contribution < -0.4 is 5.73 Å². The van der Waals surface area contributed by atoms with Crippen molar-refractivity contribution >= 4 is 5.97 Å². The number of carboxylic acid groups (broad SMARTS) is 1. The number of rotatable bonds is 4. The Labute approximate surface area is 85.5 Å². The number of hydrogen-bond donors (Lipinski definition) is 2. The van der Waals surface area contributed by atoms with Crippen LogP contribution in [0.2, 0.25) is 0 Å². The van der Waals surface area contributed by atoms with Gasteiger partial charge in [0.2, 0.25) is 0 Å². The Morgan fingerprint density at radius 3 is 2.67 bits per heavy atom. The van der Waals surface area contributed by atoms with Gasteiger partial charge in [0.05, 0.1) is 5.92 Å². The van der Waals surface area contributed by atoms with E-state index in [9.17, 15) is 13.6 Å². The molecule has 1 rings (SSSR count). The fourth-order valence-corrected chi connectivity index (χ4v) is 1.24. The zero-order valence-corrected chi connectivity index (χ0v) is 7.91. The molecule has 0 heterocycles. The first-order valence-electron chi connectivity index (χ1n) is 4.42. The summed E-state index contributed by atoms with van der Waals surface area (Å²) in [5.41, 5.74) is 5.25. The predicted molar refractivity (Wildman–Crippen MR) is 50.2 cm³/mol. The van der Waals surface area contributed by atoms with Crippen LogP contribution in [0.3, 0.4) is 0 Å². The van der Waals surface area contributed by atoms with Gasteiger partial charge < -0.3 is 10.8 Å². The predicted octanol–water partition coefficient (Wildman–Crippen LogP) is 1.17. The van der Waals surface area contributed by atoms with E-state index in [1.165, 1.54) is 12.1 Å². The third-order valence-electron chi connectivity index (χ3n) is 2.13. The molecule has 0 radical (unpaired) electrons. The number of hydrogen-bond acceptors (Lipinski definition) is 2. The number of halogens is 2. The molecule has 0 amide bonds. The summed E-state index contributed by atoms with van der Waals surface area (Å²) >= 11 is 0. The lowest BCUT2D eigenvalue weighted by Crippen LogP contribution is -2.25. The van der Waals surface area contributed by atoms with E-state index < -0.39 is 23.5 Å². The topological polar surface area (TPSA) is 63.3 Å². The minimum atomic E-state index is -1.11. The van der Waals surface area contributed by atoms with Crippen LogP contribution in [-0.2, 0) is 11.2 Å². The number of benzene rings is 1. The van der Waals surface area contributed by atoms with E-state index in [0.29, 0.717) is 0 Å². The molecule has 0 unspecified atom stereocenters. The number of carbonyl (C=O) groups is 1. The molecule has 5 heteroatoms. The Hall–Kier alpha value is -1.49. The SMILES string of the molecule is NC[C@H](Cc1cccc(F)c1F)C(=O)O. The monoisotopic (exact) mass is 215 g/mol. The molecule has 1 atom stereocenters. The van der Waals surface area contributed by atoms with Gasteiger partial charge in [-0.15, -0.1) is 0 Å². The normalized spacial score (nSPS) is 12.5. The molecule has 15 heavy (non-hydrogen) atoms. The Morgan fingerprint density at radius 2 is 2.13 bits per heavy atom. The lowest BCUT2D eigenvalue weighted by molar-refractivity contribution is -0.141. The van der Waals surface area contributed by atoms with Crippen molar-refractivity contribution in [2.24, 2.45) is 11.7 Å². The third-order valence-corrected chi connectivity index (χ3v) is 2.13. The molecule has 3 nitrogen and oxygen atoms in total. The molecule has 0 aliphatic heterocycles. The molecule has 0 saturated carbocycles. The highest BCUT2D eigenvalue weighted by atomic mass is 19.2. The average molecular weight is 215 g/mol. The standard InChI is InChI=1S/C10H11F2NO2/c11-8-3-1-2-6(9(8)12)4-7(5-13)10(14)15/h1-3,7H,4-5,13H2,(H,14,15)/t7-/m0/s1. The van der Waals surface area contributed by atoms with Gasteiger partial charge in [-0.2, -0.15) is 0 Å². The molecule has 82 valence electrons. The van der Waals surface area contributed by atoms with Gasteiger partial charge in [-0.1, -0.05) is 12.1 Å². The molecule has 0 aliphatic rings. The zero-order valence-electron chi connectivity index (χ0n) is 7.91. The van der Waals surface area contributed by atoms with E-state index in [2.05, 4.69) is 0 Å². The first kappa shape index (κ1) is 11.6. The van der Waals surface area contributed by atoms with Gasteiger partial charge in [-0.25, -0.2) is 8.78 Å². The Morgan fingerprint density at radius 1 is 1.47 bits per heavy atom. The summed E-state index contributed by atoms with van der Waals surface area (Å²) in [6.45, 7) is -0.106. The summed E-state index contributed by atoms with van der Waals surface area (Å²) < 4.78 is 25.9. The summed E-state index contributed by atoms with van der Waals surface area (Å²) in [6, 6.07) is 3.67.